The zero-order chi connectivity index (χ0) is 25.6. The highest BCUT2D eigenvalue weighted by Crippen LogP contribution is 2.36. The Morgan fingerprint density at radius 3 is 2.40 bits per heavy atom. The summed E-state index contributed by atoms with van der Waals surface area (Å²) in [5.74, 6) is 0.113. The molecule has 3 rings (SSSR count). The van der Waals surface area contributed by atoms with Crippen molar-refractivity contribution in [2.45, 2.75) is 52.4 Å². The number of aryl methyl sites for hydroxylation is 1. The number of carbonyl (C=O) groups excluding carboxylic acids is 2. The molecule has 0 aliphatic heterocycles. The molecule has 0 aliphatic carbocycles. The minimum atomic E-state index is -0.469. The third kappa shape index (κ3) is 6.95. The molecule has 1 aromatic heterocycles. The fraction of sp³-hybridized carbons (Fsp3) is 0.357. The fourth-order valence-corrected chi connectivity index (χ4v) is 5.04. The number of nitrogens with one attached hydrogen (secondary N) is 1. The Hall–Kier alpha value is -2.64. The van der Waals surface area contributed by atoms with Gasteiger partial charge in [0.2, 0.25) is 5.91 Å². The van der Waals surface area contributed by atoms with Crippen LogP contribution in [0, 0.1) is 0 Å². The summed E-state index contributed by atoms with van der Waals surface area (Å²) in [5.41, 5.74) is 4.55. The van der Waals surface area contributed by atoms with Gasteiger partial charge in [0.1, 0.15) is 16.3 Å². The number of halogens is 1. The van der Waals surface area contributed by atoms with E-state index in [0.717, 1.165) is 27.8 Å². The molecule has 7 heteroatoms. The maximum atomic E-state index is 12.6. The van der Waals surface area contributed by atoms with E-state index in [2.05, 4.69) is 61.1 Å². The predicted octanol–water partition coefficient (Wildman–Crippen LogP) is 7.62. The Bertz CT molecular complexity index is 1180. The number of rotatable bonds is 9. The van der Waals surface area contributed by atoms with Crippen molar-refractivity contribution < 1.29 is 19.1 Å². The van der Waals surface area contributed by atoms with Crippen LogP contribution < -0.4 is 10.1 Å². The Kier molecular flexibility index (Phi) is 9.14. The quantitative estimate of drug-likeness (QED) is 0.217. The Balaban J connectivity index is 1.61. The molecule has 0 bridgehead atoms. The summed E-state index contributed by atoms with van der Waals surface area (Å²) in [6.07, 6.45) is 1.76. The topological polar surface area (TPSA) is 64.6 Å². The van der Waals surface area contributed by atoms with Crippen molar-refractivity contribution in [1.82, 2.24) is 0 Å². The van der Waals surface area contributed by atoms with E-state index in [0.29, 0.717) is 23.6 Å². The van der Waals surface area contributed by atoms with Crippen molar-refractivity contribution in [3.8, 4) is 16.9 Å². The molecule has 1 N–H and O–H groups in total. The van der Waals surface area contributed by atoms with Crippen molar-refractivity contribution in [1.29, 1.82) is 0 Å². The third-order valence-corrected chi connectivity index (χ3v) is 7.23. The summed E-state index contributed by atoms with van der Waals surface area (Å²) in [6, 6.07) is 14.1. The number of methoxy groups -OCH3 is 1. The first-order chi connectivity index (χ1) is 16.6. The molecule has 35 heavy (non-hydrogen) atoms. The van der Waals surface area contributed by atoms with Crippen LogP contribution in [-0.4, -0.2) is 25.6 Å². The standard InChI is InChI=1S/C28H32BrNO4S/c1-6-18-9-11-19(12-10-18)21-17-35-26(25(21)27(32)33-5)30-24(31)8-7-15-34-23-14-13-20(16-22(23)29)28(2,3)4/h9-14,16-17H,6-8,15H2,1-5H3,(H,30,31). The number of carbonyl (C=O) groups is 2. The maximum absolute atomic E-state index is 12.6. The average molecular weight is 559 g/mol. The molecule has 0 saturated heterocycles. The van der Waals surface area contributed by atoms with E-state index in [1.54, 1.807) is 0 Å². The van der Waals surface area contributed by atoms with E-state index in [1.807, 2.05) is 35.7 Å². The largest absolute Gasteiger partial charge is 0.492 e. The summed E-state index contributed by atoms with van der Waals surface area (Å²) in [7, 11) is 1.35. The summed E-state index contributed by atoms with van der Waals surface area (Å²) in [6.45, 7) is 9.00. The summed E-state index contributed by atoms with van der Waals surface area (Å²) >= 11 is 4.90. The molecule has 2 aromatic carbocycles. The first-order valence-corrected chi connectivity index (χ1v) is 13.3. The van der Waals surface area contributed by atoms with E-state index >= 15 is 0 Å². The highest BCUT2D eigenvalue weighted by molar-refractivity contribution is 9.10. The molecule has 0 saturated carbocycles. The van der Waals surface area contributed by atoms with Crippen LogP contribution in [-0.2, 0) is 21.4 Å². The van der Waals surface area contributed by atoms with E-state index in [1.165, 1.54) is 29.6 Å². The van der Waals surface area contributed by atoms with E-state index in [-0.39, 0.29) is 17.7 Å². The highest BCUT2D eigenvalue weighted by atomic mass is 79.9. The summed E-state index contributed by atoms with van der Waals surface area (Å²) in [5, 5.41) is 5.26. The van der Waals surface area contributed by atoms with Crippen LogP contribution in [0.25, 0.3) is 11.1 Å². The van der Waals surface area contributed by atoms with Gasteiger partial charge in [-0.05, 0) is 63.0 Å². The van der Waals surface area contributed by atoms with Crippen molar-refractivity contribution in [3.63, 3.8) is 0 Å². The normalized spacial score (nSPS) is 11.3. The number of anilines is 1. The van der Waals surface area contributed by atoms with Gasteiger partial charge >= 0.3 is 5.97 Å². The molecular weight excluding hydrogens is 526 g/mol. The van der Waals surface area contributed by atoms with Gasteiger partial charge in [-0.25, -0.2) is 4.79 Å². The van der Waals surface area contributed by atoms with Crippen molar-refractivity contribution >= 4 is 44.1 Å². The van der Waals surface area contributed by atoms with Gasteiger partial charge in [-0.15, -0.1) is 11.3 Å². The van der Waals surface area contributed by atoms with Crippen LogP contribution in [0.1, 0.15) is 62.0 Å². The Morgan fingerprint density at radius 1 is 1.09 bits per heavy atom. The smallest absolute Gasteiger partial charge is 0.341 e. The number of hydrogen-bond donors (Lipinski definition) is 1. The van der Waals surface area contributed by atoms with E-state index < -0.39 is 5.97 Å². The van der Waals surface area contributed by atoms with Gasteiger partial charge < -0.3 is 14.8 Å². The van der Waals surface area contributed by atoms with Crippen LogP contribution in [0.3, 0.4) is 0 Å². The van der Waals surface area contributed by atoms with Crippen LogP contribution >= 0.6 is 27.3 Å². The zero-order valence-electron chi connectivity index (χ0n) is 20.9. The summed E-state index contributed by atoms with van der Waals surface area (Å²) in [4.78, 5) is 25.2. The maximum Gasteiger partial charge on any atom is 0.341 e. The number of amides is 1. The van der Waals surface area contributed by atoms with Gasteiger partial charge in [-0.1, -0.05) is 58.0 Å². The van der Waals surface area contributed by atoms with Crippen LogP contribution in [0.2, 0.25) is 0 Å². The minimum absolute atomic E-state index is 0.0583. The lowest BCUT2D eigenvalue weighted by Crippen LogP contribution is -2.15. The Morgan fingerprint density at radius 2 is 1.80 bits per heavy atom. The number of hydrogen-bond acceptors (Lipinski definition) is 5. The second-order valence-electron chi connectivity index (χ2n) is 9.29. The van der Waals surface area contributed by atoms with Crippen LogP contribution in [0.15, 0.2) is 52.3 Å². The Labute approximate surface area is 220 Å². The number of esters is 1. The second kappa shape index (κ2) is 11.9. The molecule has 5 nitrogen and oxygen atoms in total. The molecule has 1 heterocycles. The lowest BCUT2D eigenvalue weighted by molar-refractivity contribution is -0.116. The predicted molar refractivity (Wildman–Crippen MR) is 147 cm³/mol. The van der Waals surface area contributed by atoms with Crippen molar-refractivity contribution in [2.24, 2.45) is 0 Å². The van der Waals surface area contributed by atoms with Gasteiger partial charge in [0.15, 0.2) is 0 Å². The zero-order valence-corrected chi connectivity index (χ0v) is 23.3. The molecule has 0 fully saturated rings. The fourth-order valence-electron chi connectivity index (χ4n) is 3.58. The lowest BCUT2D eigenvalue weighted by Gasteiger charge is -2.20. The molecule has 3 aromatic rings. The van der Waals surface area contributed by atoms with E-state index in [4.69, 9.17) is 9.47 Å². The first kappa shape index (κ1) is 27.0. The number of thiophene rings is 1. The average Bonchev–Trinajstić information content (AvgIpc) is 3.24. The molecule has 0 atom stereocenters. The lowest BCUT2D eigenvalue weighted by atomic mass is 9.87. The molecule has 0 radical (unpaired) electrons. The SMILES string of the molecule is CCc1ccc(-c2csc(NC(=O)CCCOc3ccc(C(C)(C)C)cc3Br)c2C(=O)OC)cc1. The van der Waals surface area contributed by atoms with Gasteiger partial charge in [-0.2, -0.15) is 0 Å². The van der Waals surface area contributed by atoms with Gasteiger partial charge in [0.05, 0.1) is 18.2 Å². The minimum Gasteiger partial charge on any atom is -0.492 e. The summed E-state index contributed by atoms with van der Waals surface area (Å²) < 4.78 is 11.8. The van der Waals surface area contributed by atoms with Crippen molar-refractivity contribution in [3.05, 3.63) is 69.0 Å². The molecule has 0 unspecified atom stereocenters. The number of ether oxygens (including phenoxy) is 2. The molecule has 1 amide bonds. The number of benzene rings is 2. The van der Waals surface area contributed by atoms with Gasteiger partial charge in [0.25, 0.3) is 0 Å². The monoisotopic (exact) mass is 557 g/mol. The molecule has 0 aliphatic rings. The third-order valence-electron chi connectivity index (χ3n) is 5.71. The van der Waals surface area contributed by atoms with Crippen LogP contribution in [0.5, 0.6) is 5.75 Å². The van der Waals surface area contributed by atoms with Crippen LogP contribution in [0.4, 0.5) is 5.00 Å². The van der Waals surface area contributed by atoms with Crippen molar-refractivity contribution in [2.75, 3.05) is 19.0 Å². The second-order valence-corrected chi connectivity index (χ2v) is 11.0. The van der Waals surface area contributed by atoms with E-state index in [9.17, 15) is 9.59 Å². The van der Waals surface area contributed by atoms with Gasteiger partial charge in [0, 0.05) is 17.4 Å². The molecule has 0 spiro atoms. The molecular formula is C28H32BrNO4S. The highest BCUT2D eigenvalue weighted by Gasteiger charge is 2.22. The molecule has 186 valence electrons. The first-order valence-electron chi connectivity index (χ1n) is 11.7. The van der Waals surface area contributed by atoms with Gasteiger partial charge in [-0.3, -0.25) is 4.79 Å².